The molecule has 0 unspecified atom stereocenters. The van der Waals surface area contributed by atoms with Crippen LogP contribution in [0.15, 0.2) is 131 Å². The van der Waals surface area contributed by atoms with Crippen LogP contribution in [-0.2, 0) is 16.2 Å². The van der Waals surface area contributed by atoms with E-state index >= 15 is 0 Å². The number of carbonyl (C=O) groups excluding carboxylic acids is 3. The third kappa shape index (κ3) is 9.15. The molecule has 0 fully saturated rings. The van der Waals surface area contributed by atoms with E-state index in [9.17, 15) is 14.4 Å². The topological polar surface area (TPSA) is 109 Å². The van der Waals surface area contributed by atoms with Crippen molar-refractivity contribution in [2.45, 2.75) is 11.5 Å². The van der Waals surface area contributed by atoms with Crippen LogP contribution < -0.4 is 20.7 Å². The molecule has 1 aromatic heterocycles. The smallest absolute Gasteiger partial charge is 0.272 e. The van der Waals surface area contributed by atoms with Crippen LogP contribution in [0.3, 0.4) is 0 Å². The van der Waals surface area contributed by atoms with Crippen molar-refractivity contribution in [3.05, 3.63) is 143 Å². The normalized spacial score (nSPS) is 11.0. The molecule has 4 aromatic carbocycles. The van der Waals surface area contributed by atoms with Crippen LogP contribution in [0, 0.1) is 0 Å². The van der Waals surface area contributed by atoms with Gasteiger partial charge in [0.1, 0.15) is 18.1 Å². The third-order valence-electron chi connectivity index (χ3n) is 6.11. The first-order valence-electron chi connectivity index (χ1n) is 13.6. The van der Waals surface area contributed by atoms with Gasteiger partial charge in [-0.1, -0.05) is 66.7 Å². The Balaban J connectivity index is 1.27. The van der Waals surface area contributed by atoms with Crippen molar-refractivity contribution in [1.82, 2.24) is 10.3 Å². The molecule has 0 aliphatic carbocycles. The summed E-state index contributed by atoms with van der Waals surface area (Å²) in [6, 6.07) is 33.0. The van der Waals surface area contributed by atoms with Crippen molar-refractivity contribution >= 4 is 57.7 Å². The quantitative estimate of drug-likeness (QED) is 0.104. The molecular weight excluding hydrogens is 593 g/mol. The van der Waals surface area contributed by atoms with Crippen molar-refractivity contribution in [3.63, 3.8) is 0 Å². The summed E-state index contributed by atoms with van der Waals surface area (Å²) in [6.07, 6.45) is 3.24. The highest BCUT2D eigenvalue weighted by Crippen LogP contribution is 2.23. The Labute approximate surface area is 263 Å². The Bertz CT molecular complexity index is 1730. The number of anilines is 2. The number of ether oxygens (including phenoxy) is 1. The Morgan fingerprint density at radius 3 is 2.32 bits per heavy atom. The molecule has 0 aliphatic rings. The molecule has 44 heavy (non-hydrogen) atoms. The molecule has 5 rings (SSSR count). The molecule has 5 aromatic rings. The summed E-state index contributed by atoms with van der Waals surface area (Å²) in [4.78, 5) is 43.6. The van der Waals surface area contributed by atoms with Gasteiger partial charge in [-0.15, -0.1) is 23.1 Å². The summed E-state index contributed by atoms with van der Waals surface area (Å²) >= 11 is 2.68. The van der Waals surface area contributed by atoms with Gasteiger partial charge >= 0.3 is 0 Å². The molecule has 220 valence electrons. The van der Waals surface area contributed by atoms with E-state index in [-0.39, 0.29) is 17.4 Å². The fraction of sp³-hybridized carbons (Fsp3) is 0.0588. The van der Waals surface area contributed by atoms with Crippen molar-refractivity contribution in [3.8, 4) is 5.75 Å². The van der Waals surface area contributed by atoms with Gasteiger partial charge in [-0.3, -0.25) is 14.4 Å². The molecule has 0 atom stereocenters. The molecule has 0 bridgehead atoms. The minimum absolute atomic E-state index is 0.0673. The number of hydrogen-bond acceptors (Lipinski definition) is 7. The second-order valence-electron chi connectivity index (χ2n) is 9.38. The zero-order chi connectivity index (χ0) is 30.6. The van der Waals surface area contributed by atoms with Gasteiger partial charge in [0.05, 0.1) is 5.75 Å². The van der Waals surface area contributed by atoms with E-state index in [4.69, 9.17) is 4.74 Å². The number of rotatable bonds is 12. The zero-order valence-corrected chi connectivity index (χ0v) is 25.1. The van der Waals surface area contributed by atoms with Crippen molar-refractivity contribution in [2.75, 3.05) is 16.4 Å². The largest absolute Gasteiger partial charge is 0.489 e. The lowest BCUT2D eigenvalue weighted by molar-refractivity contribution is -0.114. The Morgan fingerprint density at radius 2 is 1.59 bits per heavy atom. The maximum Gasteiger partial charge on any atom is 0.272 e. The van der Waals surface area contributed by atoms with E-state index in [1.165, 1.54) is 23.1 Å². The van der Waals surface area contributed by atoms with Crippen LogP contribution in [0.4, 0.5) is 10.8 Å². The number of thiazole rings is 1. The predicted molar refractivity (Wildman–Crippen MR) is 176 cm³/mol. The summed E-state index contributed by atoms with van der Waals surface area (Å²) in [5.41, 5.74) is 2.76. The van der Waals surface area contributed by atoms with Gasteiger partial charge in [-0.25, -0.2) is 4.98 Å². The standard InChI is InChI=1S/C34H28N4O4S2/c39-31(38-34-35-18-19-43-34)23-44-29-13-7-12-27(21-29)36-33(41)30(37-32(40)26-10-5-2-6-11-26)20-24-14-16-28(17-15-24)42-22-25-8-3-1-4-9-25/h1-21H,22-23H2,(H,36,41)(H,37,40)(H,35,38,39)/b30-20-. The summed E-state index contributed by atoms with van der Waals surface area (Å²) < 4.78 is 5.87. The van der Waals surface area contributed by atoms with Gasteiger partial charge in [0.2, 0.25) is 5.91 Å². The number of nitrogens with one attached hydrogen (secondary N) is 3. The second kappa shape index (κ2) is 15.3. The molecular formula is C34H28N4O4S2. The number of benzene rings is 4. The lowest BCUT2D eigenvalue weighted by Gasteiger charge is -2.12. The average Bonchev–Trinajstić information content (AvgIpc) is 3.57. The van der Waals surface area contributed by atoms with E-state index in [0.29, 0.717) is 34.3 Å². The highest BCUT2D eigenvalue weighted by molar-refractivity contribution is 8.00. The van der Waals surface area contributed by atoms with Crippen molar-refractivity contribution in [1.29, 1.82) is 0 Å². The summed E-state index contributed by atoms with van der Waals surface area (Å²) in [5, 5.41) is 10.7. The average molecular weight is 621 g/mol. The molecule has 0 aliphatic heterocycles. The van der Waals surface area contributed by atoms with E-state index in [0.717, 1.165) is 10.5 Å². The summed E-state index contributed by atoms with van der Waals surface area (Å²) in [5.74, 6) is -0.224. The lowest BCUT2D eigenvalue weighted by Crippen LogP contribution is -2.30. The minimum Gasteiger partial charge on any atom is -0.489 e. The molecule has 1 heterocycles. The van der Waals surface area contributed by atoms with Crippen LogP contribution >= 0.6 is 23.1 Å². The van der Waals surface area contributed by atoms with Gasteiger partial charge in [-0.2, -0.15) is 0 Å². The maximum atomic E-state index is 13.5. The summed E-state index contributed by atoms with van der Waals surface area (Å²) in [7, 11) is 0. The molecule has 3 N–H and O–H groups in total. The van der Waals surface area contributed by atoms with Gasteiger partial charge in [-0.05, 0) is 59.7 Å². The van der Waals surface area contributed by atoms with Crippen LogP contribution in [0.25, 0.3) is 6.08 Å². The fourth-order valence-corrected chi connectivity index (χ4v) is 5.26. The minimum atomic E-state index is -0.498. The monoisotopic (exact) mass is 620 g/mol. The van der Waals surface area contributed by atoms with E-state index in [1.54, 1.807) is 60.1 Å². The van der Waals surface area contributed by atoms with E-state index in [2.05, 4.69) is 20.9 Å². The third-order valence-corrected chi connectivity index (χ3v) is 7.79. The molecule has 0 radical (unpaired) electrons. The van der Waals surface area contributed by atoms with Gasteiger partial charge in [0.15, 0.2) is 5.13 Å². The number of aromatic nitrogens is 1. The lowest BCUT2D eigenvalue weighted by atomic mass is 10.1. The number of carbonyl (C=O) groups is 3. The van der Waals surface area contributed by atoms with Gasteiger partial charge in [0.25, 0.3) is 11.8 Å². The predicted octanol–water partition coefficient (Wildman–Crippen LogP) is 6.86. The molecule has 0 saturated heterocycles. The van der Waals surface area contributed by atoms with Crippen molar-refractivity contribution < 1.29 is 19.1 Å². The highest BCUT2D eigenvalue weighted by atomic mass is 32.2. The van der Waals surface area contributed by atoms with Crippen LogP contribution in [0.5, 0.6) is 5.75 Å². The number of nitrogens with zero attached hydrogens (tertiary/aromatic N) is 1. The zero-order valence-electron chi connectivity index (χ0n) is 23.4. The van der Waals surface area contributed by atoms with Crippen LogP contribution in [0.2, 0.25) is 0 Å². The fourth-order valence-electron chi connectivity index (χ4n) is 3.96. The Kier molecular flexibility index (Phi) is 10.5. The Morgan fingerprint density at radius 1 is 0.841 bits per heavy atom. The summed E-state index contributed by atoms with van der Waals surface area (Å²) in [6.45, 7) is 0.435. The highest BCUT2D eigenvalue weighted by Gasteiger charge is 2.16. The number of amides is 3. The van der Waals surface area contributed by atoms with Crippen LogP contribution in [0.1, 0.15) is 21.5 Å². The molecule has 0 saturated carbocycles. The van der Waals surface area contributed by atoms with E-state index in [1.807, 2.05) is 66.7 Å². The molecule has 8 nitrogen and oxygen atoms in total. The van der Waals surface area contributed by atoms with Gasteiger partial charge < -0.3 is 20.7 Å². The van der Waals surface area contributed by atoms with Crippen LogP contribution in [-0.4, -0.2) is 28.5 Å². The van der Waals surface area contributed by atoms with E-state index < -0.39 is 11.8 Å². The second-order valence-corrected chi connectivity index (χ2v) is 11.3. The van der Waals surface area contributed by atoms with Crippen molar-refractivity contribution in [2.24, 2.45) is 0 Å². The van der Waals surface area contributed by atoms with Gasteiger partial charge in [0, 0.05) is 27.7 Å². The SMILES string of the molecule is O=C(CSc1cccc(NC(=O)/C(=C/c2ccc(OCc3ccccc3)cc2)NC(=O)c2ccccc2)c1)Nc1nccs1. The first-order chi connectivity index (χ1) is 21.5. The Hall–Kier alpha value is -5.19. The number of thioether (sulfide) groups is 1. The molecule has 10 heteroatoms. The number of hydrogen-bond donors (Lipinski definition) is 3. The molecule has 0 spiro atoms. The maximum absolute atomic E-state index is 13.5. The first-order valence-corrected chi connectivity index (χ1v) is 15.5. The molecule has 3 amide bonds. The first kappa shape index (κ1) is 30.3.